The molecule has 1 aromatic carbocycles. The first kappa shape index (κ1) is 17.8. The van der Waals surface area contributed by atoms with Crippen LogP contribution in [0.5, 0.6) is 0 Å². The number of Topliss-reactive ketones (excluding diaryl/α,β-unsaturated/α-hetero) is 1. The maximum Gasteiger partial charge on any atom is 0.227 e. The van der Waals surface area contributed by atoms with Crippen molar-refractivity contribution in [1.82, 2.24) is 4.98 Å². The highest BCUT2D eigenvalue weighted by molar-refractivity contribution is 5.95. The lowest BCUT2D eigenvalue weighted by Gasteiger charge is -2.08. The number of ketones is 1. The monoisotopic (exact) mass is 346 g/mol. The van der Waals surface area contributed by atoms with E-state index in [2.05, 4.69) is 22.4 Å². The number of aromatic nitrogens is 2. The summed E-state index contributed by atoms with van der Waals surface area (Å²) in [6.45, 7) is 7.08. The molecule has 26 heavy (non-hydrogen) atoms. The first-order valence-electron chi connectivity index (χ1n) is 8.76. The van der Waals surface area contributed by atoms with Crippen molar-refractivity contribution in [3.8, 4) is 0 Å². The Kier molecular flexibility index (Phi) is 5.42. The van der Waals surface area contributed by atoms with Gasteiger partial charge in [0.1, 0.15) is 0 Å². The number of rotatable bonds is 6. The van der Waals surface area contributed by atoms with Crippen LogP contribution in [0, 0.1) is 20.8 Å². The number of benzene rings is 1. The summed E-state index contributed by atoms with van der Waals surface area (Å²) in [5.41, 5.74) is 6.13. The third-order valence-electron chi connectivity index (χ3n) is 4.41. The van der Waals surface area contributed by atoms with Crippen LogP contribution in [0.4, 0.5) is 5.69 Å². The van der Waals surface area contributed by atoms with E-state index in [1.165, 1.54) is 0 Å². The second kappa shape index (κ2) is 7.91. The molecule has 0 aliphatic carbocycles. The zero-order valence-corrected chi connectivity index (χ0v) is 15.5. The first-order chi connectivity index (χ1) is 12.5. The molecule has 0 fully saturated rings. The summed E-state index contributed by atoms with van der Waals surface area (Å²) in [4.78, 5) is 16.8. The van der Waals surface area contributed by atoms with Gasteiger partial charge in [-0.1, -0.05) is 35.9 Å². The molecule has 0 spiro atoms. The predicted octanol–water partition coefficient (Wildman–Crippen LogP) is 3.79. The highest BCUT2D eigenvalue weighted by Gasteiger charge is 2.15. The Bertz CT molecular complexity index is 900. The number of nitrogens with one attached hydrogen (secondary N) is 1. The van der Waals surface area contributed by atoms with Gasteiger partial charge >= 0.3 is 0 Å². The van der Waals surface area contributed by atoms with Gasteiger partial charge in [-0.25, -0.2) is 0 Å². The lowest BCUT2D eigenvalue weighted by molar-refractivity contribution is -0.689. The molecule has 3 aromatic rings. The molecule has 0 aliphatic heterocycles. The zero-order chi connectivity index (χ0) is 18.5. The molecule has 0 aliphatic rings. The number of nitrogens with zero attached hydrogens (tertiary/aromatic N) is 2. The smallest absolute Gasteiger partial charge is 0.227 e. The number of carbonyl (C=O) groups is 1. The predicted molar refractivity (Wildman–Crippen MR) is 103 cm³/mol. The Morgan fingerprint density at radius 2 is 1.81 bits per heavy atom. The van der Waals surface area contributed by atoms with Crippen LogP contribution in [-0.2, 0) is 13.1 Å². The van der Waals surface area contributed by atoms with E-state index < -0.39 is 0 Å². The van der Waals surface area contributed by atoms with Gasteiger partial charge in [0.25, 0.3) is 0 Å². The summed E-state index contributed by atoms with van der Waals surface area (Å²) < 4.78 is 1.97. The van der Waals surface area contributed by atoms with Gasteiger partial charge in [0.2, 0.25) is 12.3 Å². The van der Waals surface area contributed by atoms with Crippen LogP contribution < -0.4 is 9.88 Å². The summed E-state index contributed by atoms with van der Waals surface area (Å²) in [5, 5.41) is 3.40. The van der Waals surface area contributed by atoms with Crippen LogP contribution in [-0.4, -0.2) is 10.8 Å². The van der Waals surface area contributed by atoms with E-state index in [1.807, 2.05) is 74.1 Å². The van der Waals surface area contributed by atoms with Crippen LogP contribution in [0.25, 0.3) is 0 Å². The lowest BCUT2D eigenvalue weighted by atomic mass is 10.1. The summed E-state index contributed by atoms with van der Waals surface area (Å²) >= 11 is 0. The highest BCUT2D eigenvalue weighted by atomic mass is 16.1. The number of hydrogen-bond donors (Lipinski definition) is 1. The van der Waals surface area contributed by atoms with Crippen LogP contribution >= 0.6 is 0 Å². The quantitative estimate of drug-likeness (QED) is 0.546. The standard InChI is InChI=1S/C22H23N3O/c1-16-4-8-20(9-5-16)22(26)15-25-11-10-21(12-18(25)3)24-14-19-7-6-17(2)23-13-19/h4-13H,14-15H2,1-3H3/p+1. The topological polar surface area (TPSA) is 45.9 Å². The van der Waals surface area contributed by atoms with E-state index in [1.54, 1.807) is 0 Å². The van der Waals surface area contributed by atoms with Gasteiger partial charge in [0.15, 0.2) is 11.9 Å². The van der Waals surface area contributed by atoms with Crippen LogP contribution in [0.3, 0.4) is 0 Å². The molecule has 132 valence electrons. The van der Waals surface area contributed by atoms with Crippen LogP contribution in [0.15, 0.2) is 60.9 Å². The molecule has 4 heteroatoms. The maximum atomic E-state index is 12.5. The molecule has 3 rings (SSSR count). The normalized spacial score (nSPS) is 10.6. The molecule has 2 aromatic heterocycles. The van der Waals surface area contributed by atoms with Gasteiger partial charge < -0.3 is 5.32 Å². The molecule has 0 saturated carbocycles. The molecular weight excluding hydrogens is 322 g/mol. The van der Waals surface area contributed by atoms with Crippen molar-refractivity contribution >= 4 is 11.5 Å². The average molecular weight is 346 g/mol. The first-order valence-corrected chi connectivity index (χ1v) is 8.76. The van der Waals surface area contributed by atoms with E-state index in [9.17, 15) is 4.79 Å². The van der Waals surface area contributed by atoms with Crippen molar-refractivity contribution in [3.05, 3.63) is 89.0 Å². The second-order valence-corrected chi connectivity index (χ2v) is 6.64. The van der Waals surface area contributed by atoms with Crippen molar-refractivity contribution in [1.29, 1.82) is 0 Å². The highest BCUT2D eigenvalue weighted by Crippen LogP contribution is 2.10. The second-order valence-electron chi connectivity index (χ2n) is 6.64. The van der Waals surface area contributed by atoms with E-state index in [0.29, 0.717) is 6.54 Å². The van der Waals surface area contributed by atoms with Crippen LogP contribution in [0.2, 0.25) is 0 Å². The van der Waals surface area contributed by atoms with Crippen molar-refractivity contribution in [2.45, 2.75) is 33.9 Å². The summed E-state index contributed by atoms with van der Waals surface area (Å²) in [7, 11) is 0. The van der Waals surface area contributed by atoms with Gasteiger partial charge in [-0.15, -0.1) is 0 Å². The Balaban J connectivity index is 1.64. The van der Waals surface area contributed by atoms with E-state index >= 15 is 0 Å². The maximum absolute atomic E-state index is 12.5. The zero-order valence-electron chi connectivity index (χ0n) is 15.5. The minimum Gasteiger partial charge on any atom is -0.381 e. The summed E-state index contributed by atoms with van der Waals surface area (Å²) in [6, 6.07) is 15.9. The number of carbonyl (C=O) groups excluding carboxylic acids is 1. The third kappa shape index (κ3) is 4.54. The molecule has 0 unspecified atom stereocenters. The molecule has 1 N–H and O–H groups in total. The fourth-order valence-electron chi connectivity index (χ4n) is 2.72. The van der Waals surface area contributed by atoms with Crippen molar-refractivity contribution in [3.63, 3.8) is 0 Å². The largest absolute Gasteiger partial charge is 0.381 e. The summed E-state index contributed by atoms with van der Waals surface area (Å²) in [6.07, 6.45) is 3.84. The van der Waals surface area contributed by atoms with Crippen LogP contribution in [0.1, 0.15) is 32.9 Å². The van der Waals surface area contributed by atoms with Gasteiger partial charge in [-0.3, -0.25) is 9.78 Å². The Morgan fingerprint density at radius 3 is 2.46 bits per heavy atom. The molecule has 0 amide bonds. The van der Waals surface area contributed by atoms with Crippen molar-refractivity contribution < 1.29 is 9.36 Å². The molecule has 0 radical (unpaired) electrons. The van der Waals surface area contributed by atoms with Gasteiger partial charge in [-0.05, 0) is 25.5 Å². The Morgan fingerprint density at radius 1 is 1.04 bits per heavy atom. The minimum atomic E-state index is 0.115. The van der Waals surface area contributed by atoms with Crippen molar-refractivity contribution in [2.75, 3.05) is 5.32 Å². The SMILES string of the molecule is Cc1ccc(C(=O)C[n+]2ccc(NCc3ccc(C)nc3)cc2C)cc1. The van der Waals surface area contributed by atoms with E-state index in [4.69, 9.17) is 0 Å². The Labute approximate surface area is 154 Å². The van der Waals surface area contributed by atoms with E-state index in [-0.39, 0.29) is 5.78 Å². The Hall–Kier alpha value is -3.01. The molecular formula is C22H24N3O+. The fourth-order valence-corrected chi connectivity index (χ4v) is 2.72. The number of aryl methyl sites for hydroxylation is 3. The number of hydrogen-bond acceptors (Lipinski definition) is 3. The molecule has 0 atom stereocenters. The number of anilines is 1. The molecule has 4 nitrogen and oxygen atoms in total. The fraction of sp³-hybridized carbons (Fsp3) is 0.227. The minimum absolute atomic E-state index is 0.115. The van der Waals surface area contributed by atoms with Gasteiger partial charge in [0.05, 0.1) is 0 Å². The van der Waals surface area contributed by atoms with Crippen molar-refractivity contribution in [2.24, 2.45) is 0 Å². The van der Waals surface area contributed by atoms with Gasteiger partial charge in [-0.2, -0.15) is 4.57 Å². The number of pyridine rings is 2. The van der Waals surface area contributed by atoms with E-state index in [0.717, 1.165) is 40.3 Å². The van der Waals surface area contributed by atoms with Gasteiger partial charge in [0, 0.05) is 48.7 Å². The average Bonchev–Trinajstić information content (AvgIpc) is 2.64. The molecule has 2 heterocycles. The lowest BCUT2D eigenvalue weighted by Crippen LogP contribution is -2.40. The molecule has 0 bridgehead atoms. The molecule has 0 saturated heterocycles. The summed E-state index contributed by atoms with van der Waals surface area (Å²) in [5.74, 6) is 0.115. The third-order valence-corrected chi connectivity index (χ3v) is 4.41.